The molecule has 0 aliphatic heterocycles. The van der Waals surface area contributed by atoms with Gasteiger partial charge in [-0.1, -0.05) is 30.3 Å². The van der Waals surface area contributed by atoms with Crippen LogP contribution >= 0.6 is 0 Å². The Morgan fingerprint density at radius 3 is 2.67 bits per heavy atom. The molecule has 0 aromatic heterocycles. The van der Waals surface area contributed by atoms with Gasteiger partial charge in [-0.05, 0) is 30.3 Å². The highest BCUT2D eigenvalue weighted by Gasteiger charge is 1.99. The largest absolute Gasteiger partial charge is 0.489 e. The topological polar surface area (TPSA) is 57.4 Å². The number of rotatable bonds is 6. The molecule has 0 bridgehead atoms. The summed E-state index contributed by atoms with van der Waals surface area (Å²) >= 11 is 0. The zero-order valence-corrected chi connectivity index (χ0v) is 11.4. The quantitative estimate of drug-likeness (QED) is 0.498. The molecular formula is C17H15N3O. The Morgan fingerprint density at radius 2 is 1.86 bits per heavy atom. The minimum Gasteiger partial charge on any atom is -0.489 e. The van der Waals surface area contributed by atoms with Crippen LogP contribution in [0, 0.1) is 11.3 Å². The lowest BCUT2D eigenvalue weighted by Gasteiger charge is -2.06. The SMILES string of the molecule is N#C/C=C/COc1ccccc1/C=N/Nc1ccccc1. The molecule has 0 aliphatic carbocycles. The number of hydrazone groups is 1. The number of benzene rings is 2. The Kier molecular flexibility index (Phi) is 5.59. The van der Waals surface area contributed by atoms with Crippen LogP contribution in [0.2, 0.25) is 0 Å². The number of para-hydroxylation sites is 2. The van der Waals surface area contributed by atoms with E-state index in [-0.39, 0.29) is 0 Å². The van der Waals surface area contributed by atoms with Gasteiger partial charge in [-0.3, -0.25) is 5.43 Å². The molecule has 0 radical (unpaired) electrons. The Morgan fingerprint density at radius 1 is 1.10 bits per heavy atom. The molecule has 0 amide bonds. The van der Waals surface area contributed by atoms with Gasteiger partial charge in [0.25, 0.3) is 0 Å². The predicted octanol–water partition coefficient (Wildman–Crippen LogP) is 3.59. The predicted molar refractivity (Wildman–Crippen MR) is 84.3 cm³/mol. The van der Waals surface area contributed by atoms with Crippen molar-refractivity contribution < 1.29 is 4.74 Å². The Balaban J connectivity index is 1.99. The average Bonchev–Trinajstić information content (AvgIpc) is 2.54. The number of hydrogen-bond donors (Lipinski definition) is 1. The van der Waals surface area contributed by atoms with Crippen molar-refractivity contribution >= 4 is 11.9 Å². The third kappa shape index (κ3) is 4.84. The number of ether oxygens (including phenoxy) is 1. The molecule has 0 spiro atoms. The first-order valence-electron chi connectivity index (χ1n) is 6.51. The minimum absolute atomic E-state index is 0.352. The van der Waals surface area contributed by atoms with Gasteiger partial charge in [0.2, 0.25) is 0 Å². The highest BCUT2D eigenvalue weighted by atomic mass is 16.5. The van der Waals surface area contributed by atoms with Crippen LogP contribution in [0.3, 0.4) is 0 Å². The van der Waals surface area contributed by atoms with E-state index in [2.05, 4.69) is 10.5 Å². The van der Waals surface area contributed by atoms with Crippen molar-refractivity contribution in [2.24, 2.45) is 5.10 Å². The van der Waals surface area contributed by atoms with Crippen LogP contribution in [0.1, 0.15) is 5.56 Å². The van der Waals surface area contributed by atoms with Crippen LogP contribution in [-0.2, 0) is 0 Å². The van der Waals surface area contributed by atoms with E-state index in [1.54, 1.807) is 12.3 Å². The summed E-state index contributed by atoms with van der Waals surface area (Å²) in [6.45, 7) is 0.352. The smallest absolute Gasteiger partial charge is 0.128 e. The molecule has 0 unspecified atom stereocenters. The van der Waals surface area contributed by atoms with Gasteiger partial charge in [-0.15, -0.1) is 0 Å². The van der Waals surface area contributed by atoms with Crippen LogP contribution in [0.4, 0.5) is 5.69 Å². The lowest BCUT2D eigenvalue weighted by Crippen LogP contribution is -1.98. The van der Waals surface area contributed by atoms with E-state index in [0.29, 0.717) is 6.61 Å². The maximum absolute atomic E-state index is 8.42. The first-order valence-corrected chi connectivity index (χ1v) is 6.51. The summed E-state index contributed by atoms with van der Waals surface area (Å²) in [4.78, 5) is 0. The molecule has 0 atom stereocenters. The van der Waals surface area contributed by atoms with E-state index in [9.17, 15) is 0 Å². The summed E-state index contributed by atoms with van der Waals surface area (Å²) in [6, 6.07) is 19.2. The van der Waals surface area contributed by atoms with E-state index in [0.717, 1.165) is 17.0 Å². The number of anilines is 1. The average molecular weight is 277 g/mol. The van der Waals surface area contributed by atoms with Gasteiger partial charge in [-0.2, -0.15) is 10.4 Å². The van der Waals surface area contributed by atoms with Crippen molar-refractivity contribution in [3.8, 4) is 11.8 Å². The summed E-state index contributed by atoms with van der Waals surface area (Å²) in [5.74, 6) is 0.721. The van der Waals surface area contributed by atoms with Crippen LogP contribution in [0.25, 0.3) is 0 Å². The third-order valence-corrected chi connectivity index (χ3v) is 2.62. The number of allylic oxidation sites excluding steroid dienone is 1. The van der Waals surface area contributed by atoms with E-state index in [1.165, 1.54) is 6.08 Å². The fourth-order valence-corrected chi connectivity index (χ4v) is 1.65. The number of nitrogens with one attached hydrogen (secondary N) is 1. The van der Waals surface area contributed by atoms with E-state index in [1.807, 2.05) is 60.7 Å². The molecule has 0 heterocycles. The molecule has 4 heteroatoms. The number of hydrogen-bond acceptors (Lipinski definition) is 4. The molecule has 1 N–H and O–H groups in total. The molecule has 0 saturated carbocycles. The highest BCUT2D eigenvalue weighted by Crippen LogP contribution is 2.16. The third-order valence-electron chi connectivity index (χ3n) is 2.62. The summed E-state index contributed by atoms with van der Waals surface area (Å²) in [5, 5.41) is 12.6. The van der Waals surface area contributed by atoms with Gasteiger partial charge in [0.15, 0.2) is 0 Å². The first-order chi connectivity index (χ1) is 10.4. The van der Waals surface area contributed by atoms with Gasteiger partial charge in [-0.25, -0.2) is 0 Å². The molecule has 21 heavy (non-hydrogen) atoms. The van der Waals surface area contributed by atoms with Crippen molar-refractivity contribution in [2.45, 2.75) is 0 Å². The molecule has 0 aliphatic rings. The molecule has 0 fully saturated rings. The molecule has 104 valence electrons. The second kappa shape index (κ2) is 8.18. The summed E-state index contributed by atoms with van der Waals surface area (Å²) in [7, 11) is 0. The van der Waals surface area contributed by atoms with Crippen molar-refractivity contribution in [2.75, 3.05) is 12.0 Å². The number of nitrogens with zero attached hydrogens (tertiary/aromatic N) is 2. The lowest BCUT2D eigenvalue weighted by atomic mass is 10.2. The second-order valence-corrected chi connectivity index (χ2v) is 4.12. The normalized spacial score (nSPS) is 10.6. The second-order valence-electron chi connectivity index (χ2n) is 4.12. The zero-order chi connectivity index (χ0) is 14.8. The lowest BCUT2D eigenvalue weighted by molar-refractivity contribution is 0.362. The summed E-state index contributed by atoms with van der Waals surface area (Å²) < 4.78 is 5.59. The van der Waals surface area contributed by atoms with Gasteiger partial charge >= 0.3 is 0 Å². The highest BCUT2D eigenvalue weighted by molar-refractivity contribution is 5.83. The van der Waals surface area contributed by atoms with Crippen molar-refractivity contribution in [3.05, 3.63) is 72.3 Å². The van der Waals surface area contributed by atoms with E-state index < -0.39 is 0 Å². The van der Waals surface area contributed by atoms with Gasteiger partial charge < -0.3 is 4.74 Å². The fourth-order valence-electron chi connectivity index (χ4n) is 1.65. The number of nitriles is 1. The van der Waals surface area contributed by atoms with Crippen LogP contribution in [-0.4, -0.2) is 12.8 Å². The molecule has 2 rings (SSSR count). The van der Waals surface area contributed by atoms with Gasteiger partial charge in [0.05, 0.1) is 18.0 Å². The molecule has 0 saturated heterocycles. The summed E-state index contributed by atoms with van der Waals surface area (Å²) in [5.41, 5.74) is 4.74. The van der Waals surface area contributed by atoms with Crippen LogP contribution in [0.5, 0.6) is 5.75 Å². The van der Waals surface area contributed by atoms with Crippen molar-refractivity contribution in [1.29, 1.82) is 5.26 Å². The monoisotopic (exact) mass is 277 g/mol. The maximum Gasteiger partial charge on any atom is 0.128 e. The molecule has 4 nitrogen and oxygen atoms in total. The summed E-state index contributed by atoms with van der Waals surface area (Å²) in [6.07, 6.45) is 4.76. The molecular weight excluding hydrogens is 262 g/mol. The van der Waals surface area contributed by atoms with Crippen LogP contribution in [0.15, 0.2) is 71.9 Å². The Labute approximate surface area is 124 Å². The Bertz CT molecular complexity index is 657. The van der Waals surface area contributed by atoms with Crippen molar-refractivity contribution in [1.82, 2.24) is 0 Å². The fraction of sp³-hybridized carbons (Fsp3) is 0.0588. The minimum atomic E-state index is 0.352. The molecule has 2 aromatic carbocycles. The van der Waals surface area contributed by atoms with Crippen molar-refractivity contribution in [3.63, 3.8) is 0 Å². The molecule has 2 aromatic rings. The van der Waals surface area contributed by atoms with Gasteiger partial charge in [0.1, 0.15) is 12.4 Å². The van der Waals surface area contributed by atoms with Crippen LogP contribution < -0.4 is 10.2 Å². The Hall–Kier alpha value is -3.06. The first kappa shape index (κ1) is 14.4. The maximum atomic E-state index is 8.42. The zero-order valence-electron chi connectivity index (χ0n) is 11.4. The standard InChI is InChI=1S/C17H15N3O/c18-12-6-7-13-21-17-11-5-4-8-15(17)14-19-20-16-9-2-1-3-10-16/h1-11,14,20H,13H2/b7-6+,19-14+. The van der Waals surface area contributed by atoms with E-state index >= 15 is 0 Å². The van der Waals surface area contributed by atoms with E-state index in [4.69, 9.17) is 10.00 Å². The van der Waals surface area contributed by atoms with Gasteiger partial charge in [0, 0.05) is 11.6 Å².